The van der Waals surface area contributed by atoms with Crippen LogP contribution >= 0.6 is 35.1 Å². The summed E-state index contributed by atoms with van der Waals surface area (Å²) < 4.78 is 0.503. The third kappa shape index (κ3) is 2.61. The molecule has 0 aliphatic carbocycles. The molecule has 0 atom stereocenters. The van der Waals surface area contributed by atoms with Crippen molar-refractivity contribution in [2.45, 2.75) is 4.58 Å². The van der Waals surface area contributed by atoms with Crippen molar-refractivity contribution in [2.24, 2.45) is 0 Å². The lowest BCUT2D eigenvalue weighted by Gasteiger charge is -2.11. The zero-order valence-electron chi connectivity index (χ0n) is 7.08. The monoisotopic (exact) mass is 218 g/mol. The van der Waals surface area contributed by atoms with Gasteiger partial charge in [0.15, 0.2) is 0 Å². The second-order valence-electron chi connectivity index (χ2n) is 2.36. The molecular weight excluding hydrogens is 208 g/mol. The standard InChI is InChI=1S/C9H11ClS2/c1-11-9(12-2)7-4-3-5-8(10)6-7/h3-6,9H,1-2H3. The fraction of sp³-hybridized carbons (Fsp3) is 0.333. The van der Waals surface area contributed by atoms with Gasteiger partial charge in [-0.3, -0.25) is 0 Å². The maximum absolute atomic E-state index is 5.88. The van der Waals surface area contributed by atoms with E-state index in [-0.39, 0.29) is 0 Å². The van der Waals surface area contributed by atoms with E-state index >= 15 is 0 Å². The molecule has 1 aromatic carbocycles. The molecule has 0 fully saturated rings. The van der Waals surface area contributed by atoms with Gasteiger partial charge in [-0.05, 0) is 30.2 Å². The lowest BCUT2D eigenvalue weighted by Crippen LogP contribution is -1.86. The molecule has 0 amide bonds. The lowest BCUT2D eigenvalue weighted by atomic mass is 10.2. The van der Waals surface area contributed by atoms with Crippen LogP contribution < -0.4 is 0 Å². The zero-order valence-corrected chi connectivity index (χ0v) is 9.47. The SMILES string of the molecule is CSC(SC)c1cccc(Cl)c1. The summed E-state index contributed by atoms with van der Waals surface area (Å²) in [7, 11) is 0. The van der Waals surface area contributed by atoms with Gasteiger partial charge in [0.05, 0.1) is 4.58 Å². The first kappa shape index (κ1) is 10.3. The molecule has 0 saturated heterocycles. The molecule has 0 bridgehead atoms. The van der Waals surface area contributed by atoms with Crippen LogP contribution in [0.4, 0.5) is 0 Å². The van der Waals surface area contributed by atoms with Crippen molar-refractivity contribution in [1.82, 2.24) is 0 Å². The molecule has 3 heteroatoms. The second-order valence-corrected chi connectivity index (χ2v) is 4.98. The van der Waals surface area contributed by atoms with E-state index in [1.807, 2.05) is 41.7 Å². The Morgan fingerprint density at radius 2 is 1.92 bits per heavy atom. The topological polar surface area (TPSA) is 0 Å². The summed E-state index contributed by atoms with van der Waals surface area (Å²) in [5.74, 6) is 0. The zero-order chi connectivity index (χ0) is 8.97. The summed E-state index contributed by atoms with van der Waals surface area (Å²) in [6, 6.07) is 8.04. The highest BCUT2D eigenvalue weighted by Gasteiger charge is 2.07. The van der Waals surface area contributed by atoms with Gasteiger partial charge in [0.1, 0.15) is 0 Å². The minimum absolute atomic E-state index is 0.503. The van der Waals surface area contributed by atoms with Crippen molar-refractivity contribution in [3.8, 4) is 0 Å². The molecule has 0 aliphatic rings. The number of halogens is 1. The lowest BCUT2D eigenvalue weighted by molar-refractivity contribution is 1.39. The summed E-state index contributed by atoms with van der Waals surface area (Å²) in [5.41, 5.74) is 1.29. The van der Waals surface area contributed by atoms with E-state index in [1.165, 1.54) is 5.56 Å². The number of thioether (sulfide) groups is 2. The smallest absolute Gasteiger partial charge is 0.0746 e. The van der Waals surface area contributed by atoms with E-state index in [9.17, 15) is 0 Å². The van der Waals surface area contributed by atoms with Crippen molar-refractivity contribution < 1.29 is 0 Å². The van der Waals surface area contributed by atoms with Crippen molar-refractivity contribution in [3.05, 3.63) is 34.9 Å². The number of rotatable bonds is 3. The Morgan fingerprint density at radius 1 is 1.25 bits per heavy atom. The molecule has 66 valence electrons. The maximum Gasteiger partial charge on any atom is 0.0746 e. The highest BCUT2D eigenvalue weighted by atomic mass is 35.5. The van der Waals surface area contributed by atoms with E-state index in [0.29, 0.717) is 4.58 Å². The van der Waals surface area contributed by atoms with Crippen LogP contribution in [-0.2, 0) is 0 Å². The first-order valence-corrected chi connectivity index (χ1v) is 6.54. The molecule has 0 radical (unpaired) electrons. The minimum atomic E-state index is 0.503. The molecule has 0 saturated carbocycles. The Labute approximate surface area is 87.1 Å². The second kappa shape index (κ2) is 5.05. The molecule has 12 heavy (non-hydrogen) atoms. The summed E-state index contributed by atoms with van der Waals surface area (Å²) in [6.07, 6.45) is 4.23. The Balaban J connectivity index is 2.85. The minimum Gasteiger partial charge on any atom is -0.146 e. The summed E-state index contributed by atoms with van der Waals surface area (Å²) in [4.78, 5) is 0. The Bertz CT molecular complexity index is 246. The molecule has 0 aromatic heterocycles. The molecule has 0 nitrogen and oxygen atoms in total. The van der Waals surface area contributed by atoms with Crippen LogP contribution in [0, 0.1) is 0 Å². The summed E-state index contributed by atoms with van der Waals surface area (Å²) in [6.45, 7) is 0. The van der Waals surface area contributed by atoms with E-state index in [0.717, 1.165) is 5.02 Å². The van der Waals surface area contributed by atoms with Crippen LogP contribution in [-0.4, -0.2) is 12.5 Å². The van der Waals surface area contributed by atoms with Gasteiger partial charge in [-0.1, -0.05) is 23.7 Å². The van der Waals surface area contributed by atoms with Gasteiger partial charge in [-0.2, -0.15) is 0 Å². The predicted molar refractivity (Wildman–Crippen MR) is 61.2 cm³/mol. The molecule has 0 aliphatic heterocycles. The fourth-order valence-electron chi connectivity index (χ4n) is 1.02. The number of hydrogen-bond donors (Lipinski definition) is 0. The van der Waals surface area contributed by atoms with Crippen LogP contribution in [0.15, 0.2) is 24.3 Å². The van der Waals surface area contributed by atoms with Crippen LogP contribution in [0.1, 0.15) is 10.1 Å². The Kier molecular flexibility index (Phi) is 4.33. The fourth-order valence-corrected chi connectivity index (χ4v) is 2.83. The molecule has 1 aromatic rings. The van der Waals surface area contributed by atoms with Crippen LogP contribution in [0.5, 0.6) is 0 Å². The average Bonchev–Trinajstić information content (AvgIpc) is 2.07. The van der Waals surface area contributed by atoms with E-state index in [4.69, 9.17) is 11.6 Å². The third-order valence-corrected chi connectivity index (χ3v) is 4.34. The van der Waals surface area contributed by atoms with E-state index < -0.39 is 0 Å². The number of hydrogen-bond acceptors (Lipinski definition) is 2. The molecular formula is C9H11ClS2. The van der Waals surface area contributed by atoms with Crippen LogP contribution in [0.25, 0.3) is 0 Å². The third-order valence-electron chi connectivity index (χ3n) is 1.55. The van der Waals surface area contributed by atoms with Gasteiger partial charge in [0, 0.05) is 5.02 Å². The predicted octanol–water partition coefficient (Wildman–Crippen LogP) is 4.06. The average molecular weight is 219 g/mol. The van der Waals surface area contributed by atoms with Crippen LogP contribution in [0.3, 0.4) is 0 Å². The largest absolute Gasteiger partial charge is 0.146 e. The first-order chi connectivity index (χ1) is 5.77. The quantitative estimate of drug-likeness (QED) is 0.702. The highest BCUT2D eigenvalue weighted by Crippen LogP contribution is 2.36. The highest BCUT2D eigenvalue weighted by molar-refractivity contribution is 8.15. The van der Waals surface area contributed by atoms with Gasteiger partial charge in [0.25, 0.3) is 0 Å². The summed E-state index contributed by atoms with van der Waals surface area (Å²) >= 11 is 9.56. The normalized spacial score (nSPS) is 10.7. The molecule has 0 unspecified atom stereocenters. The Morgan fingerprint density at radius 3 is 2.42 bits per heavy atom. The number of benzene rings is 1. The van der Waals surface area contributed by atoms with Crippen molar-refractivity contribution in [3.63, 3.8) is 0 Å². The Hall–Kier alpha value is 0.210. The van der Waals surface area contributed by atoms with Gasteiger partial charge in [-0.15, -0.1) is 23.5 Å². The first-order valence-electron chi connectivity index (χ1n) is 3.59. The molecule has 0 N–H and O–H groups in total. The molecule has 0 heterocycles. The van der Waals surface area contributed by atoms with Crippen molar-refractivity contribution >= 4 is 35.1 Å². The molecule has 1 rings (SSSR count). The van der Waals surface area contributed by atoms with Gasteiger partial charge < -0.3 is 0 Å². The van der Waals surface area contributed by atoms with Crippen molar-refractivity contribution in [2.75, 3.05) is 12.5 Å². The maximum atomic E-state index is 5.88. The van der Waals surface area contributed by atoms with Gasteiger partial charge >= 0.3 is 0 Å². The van der Waals surface area contributed by atoms with Crippen molar-refractivity contribution in [1.29, 1.82) is 0 Å². The summed E-state index contributed by atoms with van der Waals surface area (Å²) in [5, 5.41) is 0.820. The van der Waals surface area contributed by atoms with Crippen LogP contribution in [0.2, 0.25) is 5.02 Å². The van der Waals surface area contributed by atoms with E-state index in [1.54, 1.807) is 0 Å². The van der Waals surface area contributed by atoms with Gasteiger partial charge in [0.2, 0.25) is 0 Å². The molecule has 0 spiro atoms. The van der Waals surface area contributed by atoms with E-state index in [2.05, 4.69) is 18.6 Å². The van der Waals surface area contributed by atoms with Gasteiger partial charge in [-0.25, -0.2) is 0 Å².